The number of fused-ring (bicyclic) bond motifs is 1. The number of hydrogen-bond acceptors (Lipinski definition) is 5. The SMILES string of the molecule is CC(C(=O)NC1CCCC1)N(Cc1ccccc1)C(=O)CN1C(=O)c2ccccc2S1(=O)=O. The maximum atomic E-state index is 13.4. The van der Waals surface area contributed by atoms with E-state index in [-0.39, 0.29) is 29.0 Å². The fraction of sp³-hybridized carbons (Fsp3) is 0.375. The number of sulfonamides is 1. The molecule has 2 aliphatic rings. The molecule has 0 radical (unpaired) electrons. The highest BCUT2D eigenvalue weighted by Gasteiger charge is 2.43. The zero-order valence-corrected chi connectivity index (χ0v) is 19.3. The Hall–Kier alpha value is -3.20. The first-order valence-corrected chi connectivity index (χ1v) is 12.5. The van der Waals surface area contributed by atoms with Crippen LogP contribution in [-0.4, -0.2) is 54.0 Å². The smallest absolute Gasteiger partial charge is 0.269 e. The zero-order chi connectivity index (χ0) is 23.6. The van der Waals surface area contributed by atoms with Crippen LogP contribution >= 0.6 is 0 Å². The highest BCUT2D eigenvalue weighted by molar-refractivity contribution is 7.90. The number of amides is 3. The standard InChI is InChI=1S/C24H27N3O5S/c1-17(23(29)25-19-11-5-6-12-19)26(15-18-9-3-2-4-10-18)22(28)16-27-24(30)20-13-7-8-14-21(20)33(27,31)32/h2-4,7-10,13-14,17,19H,5-6,11-12,15-16H2,1H3,(H,25,29). The summed E-state index contributed by atoms with van der Waals surface area (Å²) in [7, 11) is -4.13. The summed E-state index contributed by atoms with van der Waals surface area (Å²) in [5, 5.41) is 3.00. The predicted molar refractivity (Wildman–Crippen MR) is 122 cm³/mol. The largest absolute Gasteiger partial charge is 0.352 e. The van der Waals surface area contributed by atoms with Gasteiger partial charge in [-0.05, 0) is 37.5 Å². The van der Waals surface area contributed by atoms with Crippen molar-refractivity contribution in [1.82, 2.24) is 14.5 Å². The maximum Gasteiger partial charge on any atom is 0.269 e. The van der Waals surface area contributed by atoms with Crippen LogP contribution in [0.5, 0.6) is 0 Å². The molecular formula is C24H27N3O5S. The van der Waals surface area contributed by atoms with Gasteiger partial charge in [-0.1, -0.05) is 55.3 Å². The van der Waals surface area contributed by atoms with Gasteiger partial charge in [-0.15, -0.1) is 0 Å². The van der Waals surface area contributed by atoms with E-state index in [0.717, 1.165) is 31.2 Å². The molecule has 1 fully saturated rings. The normalized spacial score (nSPS) is 18.1. The molecule has 0 aromatic heterocycles. The molecule has 2 aromatic rings. The van der Waals surface area contributed by atoms with Crippen LogP contribution in [0.2, 0.25) is 0 Å². The number of nitrogens with zero attached hydrogens (tertiary/aromatic N) is 2. The number of nitrogens with one attached hydrogen (secondary N) is 1. The molecule has 1 unspecified atom stereocenters. The minimum Gasteiger partial charge on any atom is -0.352 e. The zero-order valence-electron chi connectivity index (χ0n) is 18.4. The summed E-state index contributed by atoms with van der Waals surface area (Å²) in [6.07, 6.45) is 3.93. The summed E-state index contributed by atoms with van der Waals surface area (Å²) < 4.78 is 26.4. The van der Waals surface area contributed by atoms with Gasteiger partial charge in [-0.2, -0.15) is 0 Å². The second kappa shape index (κ2) is 9.35. The van der Waals surface area contributed by atoms with Crippen molar-refractivity contribution >= 4 is 27.7 Å². The van der Waals surface area contributed by atoms with Gasteiger partial charge >= 0.3 is 0 Å². The van der Waals surface area contributed by atoms with Gasteiger partial charge in [0.15, 0.2) is 0 Å². The van der Waals surface area contributed by atoms with Crippen LogP contribution in [0.4, 0.5) is 0 Å². The van der Waals surface area contributed by atoms with Gasteiger partial charge in [0.25, 0.3) is 15.9 Å². The Morgan fingerprint density at radius 3 is 2.36 bits per heavy atom. The monoisotopic (exact) mass is 469 g/mol. The summed E-state index contributed by atoms with van der Waals surface area (Å²) >= 11 is 0. The lowest BCUT2D eigenvalue weighted by Crippen LogP contribution is -2.52. The molecule has 174 valence electrons. The molecule has 0 bridgehead atoms. The van der Waals surface area contributed by atoms with Crippen molar-refractivity contribution in [2.45, 2.75) is 56.1 Å². The summed E-state index contributed by atoms with van der Waals surface area (Å²) in [5.41, 5.74) is 0.845. The van der Waals surface area contributed by atoms with Crippen molar-refractivity contribution in [1.29, 1.82) is 0 Å². The van der Waals surface area contributed by atoms with E-state index in [1.165, 1.54) is 23.1 Å². The van der Waals surface area contributed by atoms with E-state index in [1.807, 2.05) is 30.3 Å². The number of carbonyl (C=O) groups is 3. The van der Waals surface area contributed by atoms with Crippen molar-refractivity contribution in [2.75, 3.05) is 6.54 Å². The molecule has 0 spiro atoms. The molecule has 2 aromatic carbocycles. The van der Waals surface area contributed by atoms with Gasteiger partial charge in [0, 0.05) is 12.6 Å². The Bertz CT molecular complexity index is 1160. The Kier molecular flexibility index (Phi) is 6.51. The first-order chi connectivity index (χ1) is 15.8. The van der Waals surface area contributed by atoms with Crippen molar-refractivity contribution in [3.8, 4) is 0 Å². The quantitative estimate of drug-likeness (QED) is 0.670. The lowest BCUT2D eigenvalue weighted by atomic mass is 10.1. The van der Waals surface area contributed by atoms with Gasteiger partial charge in [0.1, 0.15) is 17.5 Å². The minimum atomic E-state index is -4.13. The second-order valence-electron chi connectivity index (χ2n) is 8.49. The number of rotatable bonds is 7. The second-order valence-corrected chi connectivity index (χ2v) is 10.3. The average molecular weight is 470 g/mol. The van der Waals surface area contributed by atoms with E-state index in [4.69, 9.17) is 0 Å². The van der Waals surface area contributed by atoms with E-state index in [0.29, 0.717) is 4.31 Å². The Balaban J connectivity index is 1.56. The molecule has 0 saturated heterocycles. The van der Waals surface area contributed by atoms with Crippen LogP contribution in [-0.2, 0) is 26.2 Å². The molecule has 1 aliphatic carbocycles. The third-order valence-electron chi connectivity index (χ3n) is 6.26. The first-order valence-electron chi connectivity index (χ1n) is 11.1. The van der Waals surface area contributed by atoms with E-state index >= 15 is 0 Å². The van der Waals surface area contributed by atoms with E-state index in [9.17, 15) is 22.8 Å². The lowest BCUT2D eigenvalue weighted by Gasteiger charge is -2.31. The Morgan fingerprint density at radius 1 is 1.06 bits per heavy atom. The van der Waals surface area contributed by atoms with E-state index < -0.39 is 34.4 Å². The van der Waals surface area contributed by atoms with Crippen molar-refractivity contribution in [3.05, 3.63) is 65.7 Å². The van der Waals surface area contributed by atoms with Gasteiger partial charge < -0.3 is 10.2 Å². The van der Waals surface area contributed by atoms with Gasteiger partial charge in [0.05, 0.1) is 5.56 Å². The number of carbonyl (C=O) groups excluding carboxylic acids is 3. The van der Waals surface area contributed by atoms with Gasteiger partial charge in [-0.25, -0.2) is 12.7 Å². The van der Waals surface area contributed by atoms with Crippen LogP contribution in [0, 0.1) is 0 Å². The summed E-state index contributed by atoms with van der Waals surface area (Å²) in [5.74, 6) is -1.63. The number of benzene rings is 2. The predicted octanol–water partition coefficient (Wildman–Crippen LogP) is 2.31. The molecule has 1 atom stereocenters. The molecule has 1 saturated carbocycles. The van der Waals surface area contributed by atoms with Crippen LogP contribution < -0.4 is 5.32 Å². The molecule has 33 heavy (non-hydrogen) atoms. The first kappa shape index (κ1) is 23.0. The van der Waals surface area contributed by atoms with Crippen LogP contribution in [0.25, 0.3) is 0 Å². The highest BCUT2D eigenvalue weighted by atomic mass is 32.2. The van der Waals surface area contributed by atoms with Gasteiger partial charge in [0.2, 0.25) is 11.8 Å². The van der Waals surface area contributed by atoms with Crippen LogP contribution in [0.1, 0.15) is 48.5 Å². The average Bonchev–Trinajstić information content (AvgIpc) is 3.39. The molecule has 8 nitrogen and oxygen atoms in total. The molecule has 1 heterocycles. The van der Waals surface area contributed by atoms with E-state index in [1.54, 1.807) is 13.0 Å². The summed E-state index contributed by atoms with van der Waals surface area (Å²) in [6, 6.07) is 14.3. The minimum absolute atomic E-state index is 0.0481. The van der Waals surface area contributed by atoms with Gasteiger partial charge in [-0.3, -0.25) is 14.4 Å². The molecular weight excluding hydrogens is 442 g/mol. The Labute approximate surface area is 193 Å². The maximum absolute atomic E-state index is 13.4. The molecule has 3 amide bonds. The van der Waals surface area contributed by atoms with Crippen LogP contribution in [0.3, 0.4) is 0 Å². The van der Waals surface area contributed by atoms with Crippen LogP contribution in [0.15, 0.2) is 59.5 Å². The number of hydrogen-bond donors (Lipinski definition) is 1. The Morgan fingerprint density at radius 2 is 1.70 bits per heavy atom. The third-order valence-corrected chi connectivity index (χ3v) is 8.04. The van der Waals surface area contributed by atoms with E-state index in [2.05, 4.69) is 5.32 Å². The lowest BCUT2D eigenvalue weighted by molar-refractivity contribution is -0.140. The topological polar surface area (TPSA) is 104 Å². The molecule has 1 N–H and O–H groups in total. The summed E-state index contributed by atoms with van der Waals surface area (Å²) in [4.78, 5) is 40.3. The highest BCUT2D eigenvalue weighted by Crippen LogP contribution is 2.30. The fourth-order valence-corrected chi connectivity index (χ4v) is 5.87. The molecule has 9 heteroatoms. The van der Waals surface area contributed by atoms with Crippen molar-refractivity contribution in [3.63, 3.8) is 0 Å². The third kappa shape index (κ3) is 4.64. The molecule has 4 rings (SSSR count). The van der Waals surface area contributed by atoms with Crippen molar-refractivity contribution in [2.24, 2.45) is 0 Å². The van der Waals surface area contributed by atoms with Crippen molar-refractivity contribution < 1.29 is 22.8 Å². The molecule has 1 aliphatic heterocycles. The summed E-state index contributed by atoms with van der Waals surface area (Å²) in [6.45, 7) is 1.08. The fourth-order valence-electron chi connectivity index (χ4n) is 4.36.